The molecule has 1 heterocycles. The van der Waals surface area contributed by atoms with Gasteiger partial charge in [0.2, 0.25) is 5.05 Å². The van der Waals surface area contributed by atoms with E-state index in [2.05, 4.69) is 17.2 Å². The summed E-state index contributed by atoms with van der Waals surface area (Å²) in [5.74, 6) is 0. The van der Waals surface area contributed by atoms with Gasteiger partial charge in [0.1, 0.15) is 0 Å². The maximum absolute atomic E-state index is 8.72. The lowest BCUT2D eigenvalue weighted by Crippen LogP contribution is -1.90. The fraction of sp³-hybridized carbons (Fsp3) is 0.200. The normalized spacial score (nSPS) is 9.44. The molecule has 48 valence electrons. The van der Waals surface area contributed by atoms with Crippen LogP contribution in [0.1, 0.15) is 9.88 Å². The van der Waals surface area contributed by atoms with Crippen molar-refractivity contribution in [1.29, 1.82) is 0 Å². The van der Waals surface area contributed by atoms with Crippen LogP contribution in [0.5, 0.6) is 0 Å². The zero-order valence-electron chi connectivity index (χ0n) is 4.79. The second-order valence-corrected chi connectivity index (χ2v) is 3.20. The Morgan fingerprint density at radius 1 is 1.89 bits per heavy atom. The summed E-state index contributed by atoms with van der Waals surface area (Å²) in [7, 11) is 0. The van der Waals surface area contributed by atoms with Crippen molar-refractivity contribution in [1.82, 2.24) is 4.98 Å². The molecule has 0 fully saturated rings. The molecule has 0 atom stereocenters. The van der Waals surface area contributed by atoms with Crippen LogP contribution >= 0.6 is 23.6 Å². The van der Waals surface area contributed by atoms with Gasteiger partial charge in [-0.2, -0.15) is 0 Å². The van der Waals surface area contributed by atoms with Gasteiger partial charge < -0.3 is 5.11 Å². The number of aliphatic hydroxyl groups is 1. The van der Waals surface area contributed by atoms with Crippen LogP contribution in [0.4, 0.5) is 0 Å². The minimum Gasteiger partial charge on any atom is -0.497 e. The van der Waals surface area contributed by atoms with Crippen LogP contribution in [0.2, 0.25) is 0 Å². The Kier molecular flexibility index (Phi) is 1.78. The van der Waals surface area contributed by atoms with Gasteiger partial charge in [0, 0.05) is 11.1 Å². The number of hydrogen-bond acceptors (Lipinski definition) is 3. The van der Waals surface area contributed by atoms with E-state index in [9.17, 15) is 0 Å². The molecule has 1 aromatic rings. The summed E-state index contributed by atoms with van der Waals surface area (Å²) in [5, 5.41) is 9.13. The number of rotatable bonds is 1. The highest BCUT2D eigenvalue weighted by molar-refractivity contribution is 7.80. The molecule has 0 radical (unpaired) electrons. The van der Waals surface area contributed by atoms with Crippen molar-refractivity contribution in [2.45, 2.75) is 6.92 Å². The third-order valence-electron chi connectivity index (χ3n) is 0.804. The zero-order chi connectivity index (χ0) is 6.85. The predicted octanol–water partition coefficient (Wildman–Crippen LogP) is 1.69. The van der Waals surface area contributed by atoms with Crippen LogP contribution in [0.3, 0.4) is 0 Å². The highest BCUT2D eigenvalue weighted by Gasteiger charge is 2.00. The number of nitrogens with zero attached hydrogens (tertiary/aromatic N) is 1. The molecular formula is C5H5NOS2. The number of aliphatic hydroxyl groups excluding tert-OH is 1. The minimum atomic E-state index is -0.117. The van der Waals surface area contributed by atoms with Gasteiger partial charge in [-0.25, -0.2) is 4.98 Å². The Balaban J connectivity index is 2.98. The van der Waals surface area contributed by atoms with E-state index in [1.807, 2.05) is 6.92 Å². The first-order chi connectivity index (χ1) is 4.20. The topological polar surface area (TPSA) is 33.1 Å². The molecule has 0 bridgehead atoms. The zero-order valence-corrected chi connectivity index (χ0v) is 6.42. The number of hydrogen-bond donors (Lipinski definition) is 1. The monoisotopic (exact) mass is 159 g/mol. The highest BCUT2D eigenvalue weighted by atomic mass is 32.1. The number of thiazole rings is 1. The van der Waals surface area contributed by atoms with Gasteiger partial charge in [0.05, 0.1) is 0 Å². The fourth-order valence-corrected chi connectivity index (χ4v) is 1.23. The van der Waals surface area contributed by atoms with Crippen LogP contribution in [0, 0.1) is 6.92 Å². The molecule has 0 aliphatic heterocycles. The van der Waals surface area contributed by atoms with E-state index in [0.29, 0.717) is 5.01 Å². The first kappa shape index (κ1) is 6.64. The molecule has 4 heteroatoms. The van der Waals surface area contributed by atoms with Gasteiger partial charge in [-0.15, -0.1) is 11.3 Å². The molecule has 0 aliphatic rings. The Bertz CT molecular complexity index is 231. The van der Waals surface area contributed by atoms with E-state index >= 15 is 0 Å². The van der Waals surface area contributed by atoms with Crippen molar-refractivity contribution in [2.75, 3.05) is 0 Å². The van der Waals surface area contributed by atoms with Gasteiger partial charge in [-0.05, 0) is 19.1 Å². The molecule has 0 amide bonds. The molecule has 0 aliphatic carbocycles. The number of aryl methyl sites for hydroxylation is 1. The average Bonchev–Trinajstić information content (AvgIpc) is 2.14. The van der Waals surface area contributed by atoms with Crippen molar-refractivity contribution in [3.8, 4) is 0 Å². The molecule has 1 rings (SSSR count). The maximum atomic E-state index is 8.72. The number of thiocarbonyl (C=S) groups is 1. The second-order valence-electron chi connectivity index (χ2n) is 1.58. The van der Waals surface area contributed by atoms with E-state index in [-0.39, 0.29) is 5.05 Å². The van der Waals surface area contributed by atoms with Gasteiger partial charge in [-0.1, -0.05) is 0 Å². The van der Waals surface area contributed by atoms with Crippen LogP contribution in [0.15, 0.2) is 6.20 Å². The van der Waals surface area contributed by atoms with Crippen molar-refractivity contribution in [2.24, 2.45) is 0 Å². The van der Waals surface area contributed by atoms with Gasteiger partial charge >= 0.3 is 0 Å². The Morgan fingerprint density at radius 3 is 2.78 bits per heavy atom. The minimum absolute atomic E-state index is 0.117. The van der Waals surface area contributed by atoms with Crippen LogP contribution < -0.4 is 0 Å². The smallest absolute Gasteiger partial charge is 0.218 e. The molecule has 2 nitrogen and oxygen atoms in total. The largest absolute Gasteiger partial charge is 0.497 e. The molecule has 0 aromatic carbocycles. The Morgan fingerprint density at radius 2 is 2.56 bits per heavy atom. The summed E-state index contributed by atoms with van der Waals surface area (Å²) in [4.78, 5) is 4.90. The first-order valence-corrected chi connectivity index (χ1v) is 3.58. The van der Waals surface area contributed by atoms with Crippen molar-refractivity contribution >= 4 is 28.6 Å². The summed E-state index contributed by atoms with van der Waals surface area (Å²) in [5.41, 5.74) is 0. The van der Waals surface area contributed by atoms with Crippen LogP contribution in [-0.4, -0.2) is 15.1 Å². The van der Waals surface area contributed by atoms with Crippen molar-refractivity contribution in [3.05, 3.63) is 16.1 Å². The van der Waals surface area contributed by atoms with E-state index in [1.165, 1.54) is 11.3 Å². The average molecular weight is 159 g/mol. The summed E-state index contributed by atoms with van der Waals surface area (Å²) in [6.45, 7) is 1.92. The highest BCUT2D eigenvalue weighted by Crippen LogP contribution is 2.10. The first-order valence-electron chi connectivity index (χ1n) is 2.36. The lowest BCUT2D eigenvalue weighted by atomic mass is 10.6. The summed E-state index contributed by atoms with van der Waals surface area (Å²) >= 11 is 5.87. The third-order valence-corrected chi connectivity index (χ3v) is 2.05. The van der Waals surface area contributed by atoms with Crippen molar-refractivity contribution in [3.63, 3.8) is 0 Å². The second kappa shape index (κ2) is 2.41. The summed E-state index contributed by atoms with van der Waals surface area (Å²) < 4.78 is 0. The van der Waals surface area contributed by atoms with Crippen LogP contribution in [0.25, 0.3) is 0 Å². The molecule has 9 heavy (non-hydrogen) atoms. The molecule has 1 N–H and O–H groups in total. The van der Waals surface area contributed by atoms with Gasteiger partial charge in [-0.3, -0.25) is 0 Å². The van der Waals surface area contributed by atoms with Gasteiger partial charge in [0.25, 0.3) is 0 Å². The lowest BCUT2D eigenvalue weighted by Gasteiger charge is -1.82. The molecule has 0 spiro atoms. The maximum Gasteiger partial charge on any atom is 0.218 e. The van der Waals surface area contributed by atoms with E-state index in [0.717, 1.165) is 4.88 Å². The lowest BCUT2D eigenvalue weighted by molar-refractivity contribution is 0.570. The SMILES string of the molecule is Cc1cnc(C(O)=S)s1. The van der Waals surface area contributed by atoms with Crippen molar-refractivity contribution < 1.29 is 5.11 Å². The molecular weight excluding hydrogens is 154 g/mol. The molecule has 0 saturated carbocycles. The summed E-state index contributed by atoms with van der Waals surface area (Å²) in [6.07, 6.45) is 1.68. The standard InChI is InChI=1S/C5H5NOS2/c1-3-2-6-4(9-3)5(7)8/h2H,1H3,(H,7,8). The van der Waals surface area contributed by atoms with E-state index < -0.39 is 0 Å². The Hall–Kier alpha value is -0.480. The third kappa shape index (κ3) is 1.46. The summed E-state index contributed by atoms with van der Waals surface area (Å²) in [6, 6.07) is 0. The number of aromatic nitrogens is 1. The molecule has 1 aromatic heterocycles. The van der Waals surface area contributed by atoms with E-state index in [4.69, 9.17) is 5.11 Å². The predicted molar refractivity (Wildman–Crippen MR) is 41.2 cm³/mol. The van der Waals surface area contributed by atoms with E-state index in [1.54, 1.807) is 6.20 Å². The van der Waals surface area contributed by atoms with Crippen LogP contribution in [-0.2, 0) is 0 Å². The van der Waals surface area contributed by atoms with Gasteiger partial charge in [0.15, 0.2) is 5.01 Å². The fourth-order valence-electron chi connectivity index (χ4n) is 0.454. The molecule has 0 saturated heterocycles. The molecule has 0 unspecified atom stereocenters. The quantitative estimate of drug-likeness (QED) is 0.633. The Labute approximate surface area is 62.2 Å².